The number of carbonyl (C=O) groups excluding carboxylic acids is 1. The SMILES string of the molecule is Cc1nn(Cc2ccc(F)cc2)c(C)c1NC(=O)c1ncnc2ccc(Br)cc12. The summed E-state index contributed by atoms with van der Waals surface area (Å²) in [4.78, 5) is 21.3. The van der Waals surface area contributed by atoms with Crippen molar-refractivity contribution in [3.63, 3.8) is 0 Å². The smallest absolute Gasteiger partial charge is 0.275 e. The Bertz CT molecular complexity index is 1220. The molecule has 0 aliphatic carbocycles. The van der Waals surface area contributed by atoms with Crippen LogP contribution in [0.4, 0.5) is 10.1 Å². The van der Waals surface area contributed by atoms with Gasteiger partial charge in [0.05, 0.1) is 29.1 Å². The molecule has 1 N–H and O–H groups in total. The lowest BCUT2D eigenvalue weighted by Crippen LogP contribution is -2.15. The minimum absolute atomic E-state index is 0.279. The van der Waals surface area contributed by atoms with Crippen LogP contribution < -0.4 is 5.32 Å². The predicted molar refractivity (Wildman–Crippen MR) is 112 cm³/mol. The van der Waals surface area contributed by atoms with Crippen LogP contribution in [0.3, 0.4) is 0 Å². The number of hydrogen-bond acceptors (Lipinski definition) is 4. The maximum atomic E-state index is 13.1. The van der Waals surface area contributed by atoms with E-state index in [9.17, 15) is 9.18 Å². The first-order valence-electron chi connectivity index (χ1n) is 8.92. The van der Waals surface area contributed by atoms with Gasteiger partial charge in [0.25, 0.3) is 5.91 Å². The molecule has 146 valence electrons. The van der Waals surface area contributed by atoms with Crippen LogP contribution in [-0.4, -0.2) is 25.7 Å². The molecule has 4 rings (SSSR count). The average molecular weight is 454 g/mol. The molecule has 0 aliphatic heterocycles. The number of fused-ring (bicyclic) bond motifs is 1. The molecule has 0 atom stereocenters. The number of aryl methyl sites for hydroxylation is 1. The van der Waals surface area contributed by atoms with Gasteiger partial charge >= 0.3 is 0 Å². The largest absolute Gasteiger partial charge is 0.317 e. The second-order valence-corrected chi connectivity index (χ2v) is 7.58. The summed E-state index contributed by atoms with van der Waals surface area (Å²) in [6.45, 7) is 4.19. The minimum atomic E-state index is -0.331. The normalized spacial score (nSPS) is 11.0. The van der Waals surface area contributed by atoms with Crippen molar-refractivity contribution in [1.82, 2.24) is 19.7 Å². The van der Waals surface area contributed by atoms with Crippen molar-refractivity contribution in [1.29, 1.82) is 0 Å². The van der Waals surface area contributed by atoms with Gasteiger partial charge in [-0.3, -0.25) is 9.48 Å². The Morgan fingerprint density at radius 3 is 2.66 bits per heavy atom. The van der Waals surface area contributed by atoms with Gasteiger partial charge in [-0.2, -0.15) is 5.10 Å². The first kappa shape index (κ1) is 19.2. The van der Waals surface area contributed by atoms with Crippen LogP contribution in [0.5, 0.6) is 0 Å². The van der Waals surface area contributed by atoms with Crippen molar-refractivity contribution in [3.8, 4) is 0 Å². The standard InChI is InChI=1S/C21H17BrFN5O/c1-12-19(13(2)28(27-12)10-14-3-6-16(23)7-4-14)26-21(29)20-17-9-15(22)5-8-18(17)24-11-25-20/h3-9,11H,10H2,1-2H3,(H,26,29). The summed E-state index contributed by atoms with van der Waals surface area (Å²) in [7, 11) is 0. The number of rotatable bonds is 4. The van der Waals surface area contributed by atoms with E-state index in [1.54, 1.807) is 16.8 Å². The van der Waals surface area contributed by atoms with Gasteiger partial charge in [-0.05, 0) is 49.7 Å². The lowest BCUT2D eigenvalue weighted by Gasteiger charge is -2.09. The predicted octanol–water partition coefficient (Wildman–Crippen LogP) is 4.65. The summed E-state index contributed by atoms with van der Waals surface area (Å²) < 4.78 is 15.8. The lowest BCUT2D eigenvalue weighted by molar-refractivity contribution is 0.102. The third-order valence-corrected chi connectivity index (χ3v) is 5.17. The zero-order valence-electron chi connectivity index (χ0n) is 15.8. The van der Waals surface area contributed by atoms with Crippen LogP contribution in [0.15, 0.2) is 53.3 Å². The molecule has 0 aliphatic rings. The van der Waals surface area contributed by atoms with Crippen LogP contribution in [0.1, 0.15) is 27.4 Å². The molecule has 6 nitrogen and oxygen atoms in total. The van der Waals surface area contributed by atoms with Gasteiger partial charge < -0.3 is 5.32 Å². The van der Waals surface area contributed by atoms with Gasteiger partial charge in [0, 0.05) is 9.86 Å². The van der Waals surface area contributed by atoms with E-state index in [0.717, 1.165) is 15.7 Å². The minimum Gasteiger partial charge on any atom is -0.317 e. The van der Waals surface area contributed by atoms with Crippen LogP contribution in [-0.2, 0) is 6.54 Å². The highest BCUT2D eigenvalue weighted by atomic mass is 79.9. The zero-order chi connectivity index (χ0) is 20.5. The molecule has 0 saturated carbocycles. The summed E-state index contributed by atoms with van der Waals surface area (Å²) in [5.41, 5.74) is 4.03. The van der Waals surface area contributed by atoms with E-state index >= 15 is 0 Å². The lowest BCUT2D eigenvalue weighted by atomic mass is 10.1. The average Bonchev–Trinajstić information content (AvgIpc) is 2.96. The first-order valence-corrected chi connectivity index (χ1v) is 9.72. The van der Waals surface area contributed by atoms with Gasteiger partial charge in [-0.25, -0.2) is 14.4 Å². The van der Waals surface area contributed by atoms with E-state index in [1.807, 2.05) is 32.0 Å². The second-order valence-electron chi connectivity index (χ2n) is 6.67. The molecule has 0 unspecified atom stereocenters. The van der Waals surface area contributed by atoms with E-state index < -0.39 is 0 Å². The van der Waals surface area contributed by atoms with Gasteiger partial charge in [-0.1, -0.05) is 28.1 Å². The van der Waals surface area contributed by atoms with E-state index in [2.05, 4.69) is 36.3 Å². The molecule has 4 aromatic rings. The highest BCUT2D eigenvalue weighted by Gasteiger charge is 2.18. The molecule has 8 heteroatoms. The number of anilines is 1. The maximum Gasteiger partial charge on any atom is 0.275 e. The molecule has 0 fully saturated rings. The number of amides is 1. The monoisotopic (exact) mass is 453 g/mol. The number of benzene rings is 2. The van der Waals surface area contributed by atoms with Gasteiger partial charge in [0.1, 0.15) is 17.8 Å². The summed E-state index contributed by atoms with van der Waals surface area (Å²) in [5, 5.41) is 8.11. The van der Waals surface area contributed by atoms with Crippen molar-refractivity contribution in [3.05, 3.63) is 81.7 Å². The quantitative estimate of drug-likeness (QED) is 0.488. The number of carbonyl (C=O) groups is 1. The summed E-state index contributed by atoms with van der Waals surface area (Å²) in [6.07, 6.45) is 1.38. The van der Waals surface area contributed by atoms with Crippen LogP contribution in [0.2, 0.25) is 0 Å². The Hall–Kier alpha value is -3.13. The van der Waals surface area contributed by atoms with Crippen molar-refractivity contribution >= 4 is 38.4 Å². The molecule has 0 saturated heterocycles. The molecule has 2 aromatic heterocycles. The zero-order valence-corrected chi connectivity index (χ0v) is 17.4. The Balaban J connectivity index is 1.63. The maximum absolute atomic E-state index is 13.1. The molecule has 2 aromatic carbocycles. The fourth-order valence-corrected chi connectivity index (χ4v) is 3.54. The van der Waals surface area contributed by atoms with Crippen molar-refractivity contribution < 1.29 is 9.18 Å². The van der Waals surface area contributed by atoms with E-state index in [0.29, 0.717) is 34.5 Å². The summed E-state index contributed by atoms with van der Waals surface area (Å²) in [6, 6.07) is 11.8. The van der Waals surface area contributed by atoms with E-state index in [-0.39, 0.29) is 11.7 Å². The highest BCUT2D eigenvalue weighted by Crippen LogP contribution is 2.24. The molecule has 0 spiro atoms. The van der Waals surface area contributed by atoms with Gasteiger partial charge in [-0.15, -0.1) is 0 Å². The molecule has 0 radical (unpaired) electrons. The van der Waals surface area contributed by atoms with Crippen molar-refractivity contribution in [2.45, 2.75) is 20.4 Å². The first-order chi connectivity index (χ1) is 13.9. The van der Waals surface area contributed by atoms with Gasteiger partial charge in [0.2, 0.25) is 0 Å². The van der Waals surface area contributed by atoms with Crippen molar-refractivity contribution in [2.24, 2.45) is 0 Å². The van der Waals surface area contributed by atoms with E-state index in [4.69, 9.17) is 0 Å². The van der Waals surface area contributed by atoms with Crippen LogP contribution in [0, 0.1) is 19.7 Å². The molecular weight excluding hydrogens is 437 g/mol. The number of nitrogens with zero attached hydrogens (tertiary/aromatic N) is 4. The molecule has 0 bridgehead atoms. The Morgan fingerprint density at radius 2 is 1.90 bits per heavy atom. The second kappa shape index (κ2) is 7.71. The fraction of sp³-hybridized carbons (Fsp3) is 0.143. The number of nitrogens with one attached hydrogen (secondary N) is 1. The number of aromatic nitrogens is 4. The Kier molecular flexibility index (Phi) is 5.10. The summed E-state index contributed by atoms with van der Waals surface area (Å²) in [5.74, 6) is -0.609. The van der Waals surface area contributed by atoms with Crippen molar-refractivity contribution in [2.75, 3.05) is 5.32 Å². The summed E-state index contributed by atoms with van der Waals surface area (Å²) >= 11 is 3.42. The molecule has 2 heterocycles. The molecule has 1 amide bonds. The highest BCUT2D eigenvalue weighted by molar-refractivity contribution is 9.10. The van der Waals surface area contributed by atoms with Crippen LogP contribution in [0.25, 0.3) is 10.9 Å². The molecular formula is C21H17BrFN5O. The Labute approximate surface area is 174 Å². The van der Waals surface area contributed by atoms with E-state index in [1.165, 1.54) is 18.5 Å². The number of halogens is 2. The molecule has 29 heavy (non-hydrogen) atoms. The number of hydrogen-bond donors (Lipinski definition) is 1. The van der Waals surface area contributed by atoms with Gasteiger partial charge in [0.15, 0.2) is 0 Å². The fourth-order valence-electron chi connectivity index (χ4n) is 3.18. The van der Waals surface area contributed by atoms with Crippen LogP contribution >= 0.6 is 15.9 Å². The third-order valence-electron chi connectivity index (χ3n) is 4.68. The third kappa shape index (κ3) is 3.88. The topological polar surface area (TPSA) is 72.7 Å². The Morgan fingerprint density at radius 1 is 1.14 bits per heavy atom.